The van der Waals surface area contributed by atoms with E-state index >= 15 is 0 Å². The Balaban J connectivity index is 2.25. The van der Waals surface area contributed by atoms with E-state index in [0.29, 0.717) is 0 Å². The van der Waals surface area contributed by atoms with Gasteiger partial charge in [-0.15, -0.1) is 0 Å². The van der Waals surface area contributed by atoms with Gasteiger partial charge >= 0.3 is 0 Å². The quantitative estimate of drug-likeness (QED) is 0.829. The van der Waals surface area contributed by atoms with Crippen LogP contribution in [0.3, 0.4) is 0 Å². The van der Waals surface area contributed by atoms with Crippen molar-refractivity contribution in [2.75, 3.05) is 13.2 Å². The summed E-state index contributed by atoms with van der Waals surface area (Å²) >= 11 is 0. The third-order valence-corrected chi connectivity index (χ3v) is 4.59. The molecule has 0 aliphatic carbocycles. The van der Waals surface area contributed by atoms with E-state index < -0.39 is 0 Å². The normalized spacial score (nSPS) is 13.4. The van der Waals surface area contributed by atoms with Crippen molar-refractivity contribution in [2.45, 2.75) is 60.2 Å². The van der Waals surface area contributed by atoms with E-state index in [1.807, 2.05) is 6.07 Å². The number of aromatic nitrogens is 2. The predicted octanol–water partition coefficient (Wildman–Crippen LogP) is 3.89. The molecular weight excluding hydrogens is 310 g/mol. The van der Waals surface area contributed by atoms with Crippen LogP contribution in [0.25, 0.3) is 0 Å². The second-order valence-corrected chi connectivity index (χ2v) is 8.17. The van der Waals surface area contributed by atoms with Crippen LogP contribution in [0.5, 0.6) is 0 Å². The summed E-state index contributed by atoms with van der Waals surface area (Å²) in [6.45, 7) is 15.7. The number of hydrogen-bond donors (Lipinski definition) is 1. The van der Waals surface area contributed by atoms with Crippen molar-refractivity contribution in [3.8, 4) is 0 Å². The highest BCUT2D eigenvalue weighted by Crippen LogP contribution is 2.23. The number of hydrogen-bond acceptors (Lipinski definition) is 3. The van der Waals surface area contributed by atoms with E-state index in [1.165, 1.54) is 16.8 Å². The molecule has 4 heteroatoms. The predicted molar refractivity (Wildman–Crippen MR) is 104 cm³/mol. The zero-order chi connectivity index (χ0) is 18.6. The highest BCUT2D eigenvalue weighted by atomic mass is 16.3. The molecule has 1 N–H and O–H groups in total. The van der Waals surface area contributed by atoms with Gasteiger partial charge in [0.1, 0.15) is 0 Å². The van der Waals surface area contributed by atoms with Crippen LogP contribution in [0.4, 0.5) is 0 Å². The standard InChI is InChI=1S/C21H33N3O/c1-16(15-25)12-23(13-19-10-8-7-9-11-19)14-20-17(2)22-24(18(20)3)21(4,5)6/h7-11,16,25H,12-15H2,1-6H3/t16-/m1/s1. The van der Waals surface area contributed by atoms with Crippen LogP contribution in [-0.4, -0.2) is 32.9 Å². The van der Waals surface area contributed by atoms with E-state index in [1.54, 1.807) is 0 Å². The van der Waals surface area contributed by atoms with Crippen LogP contribution in [0, 0.1) is 19.8 Å². The Kier molecular flexibility index (Phi) is 6.42. The van der Waals surface area contributed by atoms with Gasteiger partial charge in [-0.2, -0.15) is 5.10 Å². The Morgan fingerprint density at radius 3 is 2.28 bits per heavy atom. The average molecular weight is 344 g/mol. The van der Waals surface area contributed by atoms with Crippen LogP contribution in [0.2, 0.25) is 0 Å². The van der Waals surface area contributed by atoms with Gasteiger partial charge in [0.2, 0.25) is 0 Å². The molecule has 1 heterocycles. The largest absolute Gasteiger partial charge is 0.396 e. The first-order chi connectivity index (χ1) is 11.7. The Bertz CT molecular complexity index is 670. The van der Waals surface area contributed by atoms with Crippen molar-refractivity contribution in [3.05, 3.63) is 52.8 Å². The molecule has 2 rings (SSSR count). The first-order valence-corrected chi connectivity index (χ1v) is 9.15. The van der Waals surface area contributed by atoms with Gasteiger partial charge in [-0.3, -0.25) is 9.58 Å². The summed E-state index contributed by atoms with van der Waals surface area (Å²) in [7, 11) is 0. The molecule has 0 saturated heterocycles. The molecular formula is C21H33N3O. The second-order valence-electron chi connectivity index (χ2n) is 8.17. The molecule has 0 bridgehead atoms. The summed E-state index contributed by atoms with van der Waals surface area (Å²) in [5.74, 6) is 0.252. The summed E-state index contributed by atoms with van der Waals surface area (Å²) in [5.41, 5.74) is 4.92. The molecule has 0 radical (unpaired) electrons. The fraction of sp³-hybridized carbons (Fsp3) is 0.571. The molecule has 1 atom stereocenters. The van der Waals surface area contributed by atoms with Gasteiger partial charge in [0.05, 0.1) is 11.2 Å². The van der Waals surface area contributed by atoms with Gasteiger partial charge < -0.3 is 5.11 Å². The summed E-state index contributed by atoms with van der Waals surface area (Å²) in [6, 6.07) is 10.5. The minimum Gasteiger partial charge on any atom is -0.396 e. The maximum absolute atomic E-state index is 9.49. The molecule has 25 heavy (non-hydrogen) atoms. The van der Waals surface area contributed by atoms with E-state index in [0.717, 1.165) is 25.3 Å². The van der Waals surface area contributed by atoms with E-state index in [9.17, 15) is 5.11 Å². The summed E-state index contributed by atoms with van der Waals surface area (Å²) in [4.78, 5) is 2.42. The second kappa shape index (κ2) is 8.15. The SMILES string of the molecule is Cc1nn(C(C)(C)C)c(C)c1CN(Cc1ccccc1)C[C@@H](C)CO. The van der Waals surface area contributed by atoms with Crippen LogP contribution in [0.1, 0.15) is 50.2 Å². The molecule has 2 aromatic rings. The Morgan fingerprint density at radius 1 is 1.12 bits per heavy atom. The molecule has 138 valence electrons. The van der Waals surface area contributed by atoms with E-state index in [-0.39, 0.29) is 18.1 Å². The maximum Gasteiger partial charge on any atom is 0.0641 e. The smallest absolute Gasteiger partial charge is 0.0641 e. The van der Waals surface area contributed by atoms with Crippen molar-refractivity contribution in [1.29, 1.82) is 0 Å². The molecule has 0 aliphatic heterocycles. The highest BCUT2D eigenvalue weighted by Gasteiger charge is 2.22. The van der Waals surface area contributed by atoms with Gasteiger partial charge in [-0.1, -0.05) is 37.3 Å². The third kappa shape index (κ3) is 5.16. The van der Waals surface area contributed by atoms with Crippen LogP contribution in [0.15, 0.2) is 30.3 Å². The van der Waals surface area contributed by atoms with Gasteiger partial charge in [-0.05, 0) is 46.1 Å². The minimum absolute atomic E-state index is 0.0181. The number of benzene rings is 1. The Morgan fingerprint density at radius 2 is 1.76 bits per heavy atom. The molecule has 0 spiro atoms. The van der Waals surface area contributed by atoms with Crippen molar-refractivity contribution < 1.29 is 5.11 Å². The van der Waals surface area contributed by atoms with Gasteiger partial charge in [0, 0.05) is 37.5 Å². The maximum atomic E-state index is 9.49. The van der Waals surface area contributed by atoms with Crippen LogP contribution in [-0.2, 0) is 18.6 Å². The number of aryl methyl sites for hydroxylation is 1. The van der Waals surface area contributed by atoms with Crippen LogP contribution >= 0.6 is 0 Å². The zero-order valence-corrected chi connectivity index (χ0v) is 16.6. The first-order valence-electron chi connectivity index (χ1n) is 9.15. The van der Waals surface area contributed by atoms with Gasteiger partial charge in [0.25, 0.3) is 0 Å². The number of nitrogens with zero attached hydrogens (tertiary/aromatic N) is 3. The molecule has 1 aromatic carbocycles. The Labute approximate surface area is 152 Å². The zero-order valence-electron chi connectivity index (χ0n) is 16.6. The fourth-order valence-electron chi connectivity index (χ4n) is 3.31. The first kappa shape index (κ1) is 19.7. The molecule has 0 unspecified atom stereocenters. The number of aliphatic hydroxyl groups excluding tert-OH is 1. The molecule has 0 fully saturated rings. The topological polar surface area (TPSA) is 41.3 Å². The van der Waals surface area contributed by atoms with Crippen molar-refractivity contribution in [1.82, 2.24) is 14.7 Å². The summed E-state index contributed by atoms with van der Waals surface area (Å²) < 4.78 is 2.13. The molecule has 4 nitrogen and oxygen atoms in total. The third-order valence-electron chi connectivity index (χ3n) is 4.59. The van der Waals surface area contributed by atoms with E-state index in [2.05, 4.69) is 75.4 Å². The fourth-order valence-corrected chi connectivity index (χ4v) is 3.31. The molecule has 0 aliphatic rings. The number of rotatable bonds is 7. The lowest BCUT2D eigenvalue weighted by Gasteiger charge is -2.26. The Hall–Kier alpha value is -1.65. The van der Waals surface area contributed by atoms with Crippen LogP contribution < -0.4 is 0 Å². The monoisotopic (exact) mass is 343 g/mol. The van der Waals surface area contributed by atoms with Gasteiger partial charge in [-0.25, -0.2) is 0 Å². The van der Waals surface area contributed by atoms with Crippen molar-refractivity contribution in [3.63, 3.8) is 0 Å². The molecule has 0 amide bonds. The lowest BCUT2D eigenvalue weighted by molar-refractivity contribution is 0.163. The lowest BCUT2D eigenvalue weighted by atomic mass is 10.1. The molecule has 0 saturated carbocycles. The number of aliphatic hydroxyl groups is 1. The van der Waals surface area contributed by atoms with E-state index in [4.69, 9.17) is 5.10 Å². The summed E-state index contributed by atoms with van der Waals surface area (Å²) in [6.07, 6.45) is 0. The highest BCUT2D eigenvalue weighted by molar-refractivity contribution is 5.26. The average Bonchev–Trinajstić information content (AvgIpc) is 2.83. The van der Waals surface area contributed by atoms with Crippen molar-refractivity contribution >= 4 is 0 Å². The lowest BCUT2D eigenvalue weighted by Crippen LogP contribution is -2.30. The van der Waals surface area contributed by atoms with Gasteiger partial charge in [0.15, 0.2) is 0 Å². The molecule has 1 aromatic heterocycles. The van der Waals surface area contributed by atoms with Crippen molar-refractivity contribution in [2.24, 2.45) is 5.92 Å². The summed E-state index contributed by atoms with van der Waals surface area (Å²) in [5, 5.41) is 14.3. The minimum atomic E-state index is -0.0181.